The smallest absolute Gasteiger partial charge is 0.150 e. The van der Waals surface area contributed by atoms with Crippen LogP contribution in [0.15, 0.2) is 40.9 Å². The van der Waals surface area contributed by atoms with Crippen LogP contribution in [0.25, 0.3) is 10.2 Å². The van der Waals surface area contributed by atoms with Gasteiger partial charge in [0.2, 0.25) is 0 Å². The monoisotopic (exact) mass is 430 g/mol. The van der Waals surface area contributed by atoms with Crippen molar-refractivity contribution in [1.29, 1.82) is 0 Å². The molecular weight excluding hydrogens is 403 g/mol. The maximum absolute atomic E-state index is 13.0. The summed E-state index contributed by atoms with van der Waals surface area (Å²) >= 11 is 3.50. The van der Waals surface area contributed by atoms with Crippen molar-refractivity contribution in [3.8, 4) is 0 Å². The molecule has 0 radical (unpaired) electrons. The van der Waals surface area contributed by atoms with Gasteiger partial charge in [0.05, 0.1) is 4.70 Å². The van der Waals surface area contributed by atoms with Crippen LogP contribution in [-0.2, 0) is 6.42 Å². The van der Waals surface area contributed by atoms with E-state index in [9.17, 15) is 4.39 Å². The highest BCUT2D eigenvalue weighted by atomic mass is 32.2. The van der Waals surface area contributed by atoms with Crippen molar-refractivity contribution in [3.05, 3.63) is 47.4 Å². The maximum atomic E-state index is 13.0. The summed E-state index contributed by atoms with van der Waals surface area (Å²) in [7, 11) is 2.23. The molecule has 3 aromatic rings. The van der Waals surface area contributed by atoms with Crippen molar-refractivity contribution in [1.82, 2.24) is 14.9 Å². The highest BCUT2D eigenvalue weighted by Gasteiger charge is 2.25. The molecule has 1 fully saturated rings. The lowest BCUT2D eigenvalue weighted by atomic mass is 10.0. The van der Waals surface area contributed by atoms with Crippen LogP contribution in [0.4, 0.5) is 10.2 Å². The zero-order valence-corrected chi connectivity index (χ0v) is 18.6. The number of nitrogens with zero attached hydrogens (tertiary/aromatic N) is 4. The second-order valence-electron chi connectivity index (χ2n) is 7.61. The van der Waals surface area contributed by atoms with E-state index in [0.717, 1.165) is 56.7 Å². The number of fused-ring (bicyclic) bond motifs is 1. The van der Waals surface area contributed by atoms with Gasteiger partial charge in [0.15, 0.2) is 0 Å². The number of benzene rings is 1. The van der Waals surface area contributed by atoms with Crippen molar-refractivity contribution in [2.24, 2.45) is 0 Å². The van der Waals surface area contributed by atoms with Crippen LogP contribution in [0, 0.1) is 5.82 Å². The van der Waals surface area contributed by atoms with E-state index in [1.54, 1.807) is 41.6 Å². The predicted octanol–water partition coefficient (Wildman–Crippen LogP) is 5.09. The second-order valence-corrected chi connectivity index (χ2v) is 9.34. The molecule has 1 aliphatic rings. The third-order valence-corrected chi connectivity index (χ3v) is 7.66. The maximum Gasteiger partial charge on any atom is 0.150 e. The normalized spacial score (nSPS) is 15.5. The molecule has 4 nitrogen and oxygen atoms in total. The molecule has 1 saturated heterocycles. The Bertz CT molecular complexity index is 936. The summed E-state index contributed by atoms with van der Waals surface area (Å²) < 4.78 is 14.2. The van der Waals surface area contributed by atoms with Gasteiger partial charge in [0, 0.05) is 29.4 Å². The highest BCUT2D eigenvalue weighted by molar-refractivity contribution is 7.99. The Morgan fingerprint density at radius 3 is 2.69 bits per heavy atom. The number of aryl methyl sites for hydroxylation is 1. The van der Waals surface area contributed by atoms with E-state index < -0.39 is 0 Å². The fraction of sp³-hybridized carbons (Fsp3) is 0.455. The Kier molecular flexibility index (Phi) is 6.67. The first-order valence-electron chi connectivity index (χ1n) is 10.1. The first-order valence-corrected chi connectivity index (χ1v) is 12.2. The third kappa shape index (κ3) is 4.73. The molecule has 0 N–H and O–H groups in total. The van der Waals surface area contributed by atoms with Crippen LogP contribution in [-0.4, -0.2) is 53.8 Å². The van der Waals surface area contributed by atoms with Crippen LogP contribution >= 0.6 is 23.1 Å². The lowest BCUT2D eigenvalue weighted by Crippen LogP contribution is -2.44. The van der Waals surface area contributed by atoms with Crippen LogP contribution in [0.1, 0.15) is 24.8 Å². The molecular formula is C22H27FN4S2. The van der Waals surface area contributed by atoms with Gasteiger partial charge in [-0.15, -0.1) is 23.1 Å². The van der Waals surface area contributed by atoms with Crippen molar-refractivity contribution in [2.75, 3.05) is 37.8 Å². The van der Waals surface area contributed by atoms with Gasteiger partial charge in [-0.05, 0) is 63.2 Å². The summed E-state index contributed by atoms with van der Waals surface area (Å²) in [6.07, 6.45) is 8.21. The van der Waals surface area contributed by atoms with E-state index in [4.69, 9.17) is 0 Å². The van der Waals surface area contributed by atoms with Gasteiger partial charge in [-0.1, -0.05) is 12.1 Å². The Labute approximate surface area is 180 Å². The predicted molar refractivity (Wildman–Crippen MR) is 122 cm³/mol. The first-order chi connectivity index (χ1) is 14.2. The van der Waals surface area contributed by atoms with Gasteiger partial charge in [-0.25, -0.2) is 14.4 Å². The number of anilines is 1. The highest BCUT2D eigenvalue weighted by Crippen LogP contribution is 2.36. The van der Waals surface area contributed by atoms with Gasteiger partial charge >= 0.3 is 0 Å². The fourth-order valence-corrected chi connectivity index (χ4v) is 5.91. The Hall–Kier alpha value is -1.70. The molecule has 4 rings (SSSR count). The van der Waals surface area contributed by atoms with Crippen LogP contribution in [0.5, 0.6) is 0 Å². The number of aromatic nitrogens is 2. The van der Waals surface area contributed by atoms with E-state index in [1.165, 1.54) is 15.2 Å². The van der Waals surface area contributed by atoms with Crippen molar-refractivity contribution in [2.45, 2.75) is 36.6 Å². The van der Waals surface area contributed by atoms with Crippen molar-refractivity contribution >= 4 is 39.1 Å². The number of hydrogen-bond acceptors (Lipinski definition) is 6. The Morgan fingerprint density at radius 2 is 1.97 bits per heavy atom. The van der Waals surface area contributed by atoms with Gasteiger partial charge < -0.3 is 9.80 Å². The third-order valence-electron chi connectivity index (χ3n) is 5.80. The van der Waals surface area contributed by atoms with Gasteiger partial charge in [0.1, 0.15) is 23.5 Å². The molecule has 0 bridgehead atoms. The minimum absolute atomic E-state index is 0.161. The number of halogens is 1. The lowest BCUT2D eigenvalue weighted by molar-refractivity contribution is 0.206. The largest absolute Gasteiger partial charge is 0.355 e. The molecule has 0 unspecified atom stereocenters. The molecule has 0 aliphatic carbocycles. The standard InChI is InChI=1S/C22H27FN4S2/c1-26(11-3-4-16-5-7-17(23)8-6-16)18-9-12-27(13-10-18)22-21-20(24-15-25-22)19(28-2)14-29-21/h5-8,14-15,18H,3-4,9-13H2,1-2H3. The van der Waals surface area contributed by atoms with Crippen molar-refractivity contribution in [3.63, 3.8) is 0 Å². The molecule has 29 heavy (non-hydrogen) atoms. The van der Waals surface area contributed by atoms with E-state index in [-0.39, 0.29) is 5.82 Å². The van der Waals surface area contributed by atoms with E-state index in [0.29, 0.717) is 6.04 Å². The summed E-state index contributed by atoms with van der Waals surface area (Å²) in [4.78, 5) is 15.3. The van der Waals surface area contributed by atoms with Gasteiger partial charge in [-0.2, -0.15) is 0 Å². The topological polar surface area (TPSA) is 32.3 Å². The Morgan fingerprint density at radius 1 is 1.21 bits per heavy atom. The molecule has 7 heteroatoms. The minimum atomic E-state index is -0.161. The van der Waals surface area contributed by atoms with E-state index >= 15 is 0 Å². The Balaban J connectivity index is 1.30. The molecule has 0 atom stereocenters. The average Bonchev–Trinajstić information content (AvgIpc) is 3.18. The molecule has 1 aromatic carbocycles. The van der Waals surface area contributed by atoms with Crippen LogP contribution < -0.4 is 4.90 Å². The quantitative estimate of drug-likeness (QED) is 0.488. The minimum Gasteiger partial charge on any atom is -0.355 e. The number of piperidine rings is 1. The SMILES string of the molecule is CSc1csc2c(N3CCC(N(C)CCCc4ccc(F)cc4)CC3)ncnc12. The summed E-state index contributed by atoms with van der Waals surface area (Å²) in [6.45, 7) is 3.14. The molecule has 154 valence electrons. The second kappa shape index (κ2) is 9.41. The van der Waals surface area contributed by atoms with Crippen LogP contribution in [0.3, 0.4) is 0 Å². The van der Waals surface area contributed by atoms with Crippen LogP contribution in [0.2, 0.25) is 0 Å². The summed E-state index contributed by atoms with van der Waals surface area (Å²) in [5, 5.41) is 2.19. The van der Waals surface area contributed by atoms with E-state index in [1.807, 2.05) is 12.1 Å². The van der Waals surface area contributed by atoms with Gasteiger partial charge in [-0.3, -0.25) is 0 Å². The zero-order valence-electron chi connectivity index (χ0n) is 17.0. The molecule has 1 aliphatic heterocycles. The number of hydrogen-bond donors (Lipinski definition) is 0. The van der Waals surface area contributed by atoms with Crippen molar-refractivity contribution < 1.29 is 4.39 Å². The fourth-order valence-electron chi connectivity index (χ4n) is 4.07. The number of thioether (sulfide) groups is 1. The lowest BCUT2D eigenvalue weighted by Gasteiger charge is -2.37. The first kappa shape index (κ1) is 20.6. The zero-order chi connectivity index (χ0) is 20.2. The molecule has 0 amide bonds. The molecule has 3 heterocycles. The molecule has 2 aromatic heterocycles. The summed E-state index contributed by atoms with van der Waals surface area (Å²) in [5.41, 5.74) is 2.30. The number of thiophene rings is 1. The van der Waals surface area contributed by atoms with Gasteiger partial charge in [0.25, 0.3) is 0 Å². The summed E-state index contributed by atoms with van der Waals surface area (Å²) in [6, 6.07) is 7.50. The number of rotatable bonds is 7. The molecule has 0 saturated carbocycles. The molecule has 0 spiro atoms. The summed E-state index contributed by atoms with van der Waals surface area (Å²) in [5.74, 6) is 0.934. The van der Waals surface area contributed by atoms with E-state index in [2.05, 4.69) is 38.5 Å². The average molecular weight is 431 g/mol.